The molecule has 0 bridgehead atoms. The fourth-order valence-corrected chi connectivity index (χ4v) is 2.09. The van der Waals surface area contributed by atoms with Crippen molar-refractivity contribution in [1.29, 1.82) is 0 Å². The van der Waals surface area contributed by atoms with Crippen LogP contribution in [0.25, 0.3) is 33.9 Å². The molecule has 0 aliphatic heterocycles. The Bertz CT molecular complexity index is 928. The Labute approximate surface area is 118 Å². The zero-order valence-electron chi connectivity index (χ0n) is 10.7. The second kappa shape index (κ2) is 4.41. The number of nitrogens with zero attached hydrogens (tertiary/aromatic N) is 4. The summed E-state index contributed by atoms with van der Waals surface area (Å²) in [6.07, 6.45) is 4.61. The largest absolute Gasteiger partial charge is 0.464 e. The summed E-state index contributed by atoms with van der Waals surface area (Å²) in [5.74, 6) is 0.880. The number of nitrogens with two attached hydrogens (primary N) is 1. The Hall–Kier alpha value is -3.22. The third-order valence-corrected chi connectivity index (χ3v) is 3.08. The summed E-state index contributed by atoms with van der Waals surface area (Å²) in [5.41, 5.74) is 7.63. The standard InChI is InChI=1S/C14H9N5O2/c15-12-11(16-5-6-17-12)14-18-13(19-21-14)9-7-20-10-4-2-1-3-8(9)10/h1-7H,(H2,15,17). The van der Waals surface area contributed by atoms with Gasteiger partial charge in [0, 0.05) is 17.8 Å². The molecular formula is C14H9N5O2. The second-order valence-electron chi connectivity index (χ2n) is 4.36. The molecule has 0 amide bonds. The van der Waals surface area contributed by atoms with Gasteiger partial charge in [-0.15, -0.1) is 0 Å². The van der Waals surface area contributed by atoms with Gasteiger partial charge in [0.25, 0.3) is 5.89 Å². The first kappa shape index (κ1) is 11.6. The van der Waals surface area contributed by atoms with E-state index in [1.807, 2.05) is 24.3 Å². The number of anilines is 1. The summed E-state index contributed by atoms with van der Waals surface area (Å²) in [5, 5.41) is 4.87. The SMILES string of the molecule is Nc1nccnc1-c1nc(-c2coc3ccccc23)no1. The average molecular weight is 279 g/mol. The molecule has 0 saturated carbocycles. The van der Waals surface area contributed by atoms with Gasteiger partial charge in [-0.3, -0.25) is 0 Å². The Morgan fingerprint density at radius 2 is 1.90 bits per heavy atom. The molecule has 0 spiro atoms. The lowest BCUT2D eigenvalue weighted by atomic mass is 10.2. The van der Waals surface area contributed by atoms with Crippen LogP contribution in [0.5, 0.6) is 0 Å². The lowest BCUT2D eigenvalue weighted by Gasteiger charge is -1.95. The third kappa shape index (κ3) is 1.83. The first-order chi connectivity index (χ1) is 10.3. The van der Waals surface area contributed by atoms with Gasteiger partial charge in [0.15, 0.2) is 11.5 Å². The van der Waals surface area contributed by atoms with E-state index in [-0.39, 0.29) is 11.7 Å². The third-order valence-electron chi connectivity index (χ3n) is 3.08. The van der Waals surface area contributed by atoms with Crippen LogP contribution in [0.1, 0.15) is 0 Å². The molecule has 0 saturated heterocycles. The lowest BCUT2D eigenvalue weighted by molar-refractivity contribution is 0.431. The van der Waals surface area contributed by atoms with Gasteiger partial charge < -0.3 is 14.7 Å². The van der Waals surface area contributed by atoms with Gasteiger partial charge in [-0.05, 0) is 6.07 Å². The van der Waals surface area contributed by atoms with E-state index < -0.39 is 0 Å². The minimum atomic E-state index is 0.223. The van der Waals surface area contributed by atoms with E-state index in [2.05, 4.69) is 20.1 Å². The maximum atomic E-state index is 5.75. The molecule has 0 fully saturated rings. The Kier molecular flexibility index (Phi) is 2.43. The average Bonchev–Trinajstić information content (AvgIpc) is 3.14. The molecule has 21 heavy (non-hydrogen) atoms. The van der Waals surface area contributed by atoms with Crippen molar-refractivity contribution in [2.45, 2.75) is 0 Å². The Morgan fingerprint density at radius 3 is 2.81 bits per heavy atom. The van der Waals surface area contributed by atoms with Crippen LogP contribution in [0.4, 0.5) is 5.82 Å². The molecule has 0 aliphatic carbocycles. The highest BCUT2D eigenvalue weighted by Gasteiger charge is 2.17. The summed E-state index contributed by atoms with van der Waals surface area (Å²) < 4.78 is 10.7. The highest BCUT2D eigenvalue weighted by atomic mass is 16.5. The molecule has 7 nitrogen and oxygen atoms in total. The Balaban J connectivity index is 1.83. The van der Waals surface area contributed by atoms with Crippen LogP contribution in [0.3, 0.4) is 0 Å². The zero-order valence-corrected chi connectivity index (χ0v) is 10.7. The molecule has 4 rings (SSSR count). The molecule has 0 unspecified atom stereocenters. The molecule has 0 aliphatic rings. The smallest absolute Gasteiger partial charge is 0.280 e. The van der Waals surface area contributed by atoms with Crippen LogP contribution in [0, 0.1) is 0 Å². The minimum absolute atomic E-state index is 0.223. The molecule has 7 heteroatoms. The molecule has 1 aromatic carbocycles. The number of hydrogen-bond acceptors (Lipinski definition) is 7. The summed E-state index contributed by atoms with van der Waals surface area (Å²) in [6, 6.07) is 7.63. The predicted molar refractivity (Wildman–Crippen MR) is 74.9 cm³/mol. The van der Waals surface area contributed by atoms with Crippen LogP contribution >= 0.6 is 0 Å². The number of nitrogen functional groups attached to an aromatic ring is 1. The minimum Gasteiger partial charge on any atom is -0.464 e. The summed E-state index contributed by atoms with van der Waals surface area (Å²) in [6.45, 7) is 0. The van der Waals surface area contributed by atoms with Crippen LogP contribution in [-0.4, -0.2) is 20.1 Å². The van der Waals surface area contributed by atoms with E-state index in [0.717, 1.165) is 16.5 Å². The van der Waals surface area contributed by atoms with Crippen molar-refractivity contribution in [2.24, 2.45) is 0 Å². The number of aromatic nitrogens is 4. The van der Waals surface area contributed by atoms with Gasteiger partial charge in [0.05, 0.1) is 5.56 Å². The second-order valence-corrected chi connectivity index (χ2v) is 4.36. The highest BCUT2D eigenvalue weighted by molar-refractivity contribution is 5.92. The number of rotatable bonds is 2. The monoisotopic (exact) mass is 279 g/mol. The topological polar surface area (TPSA) is 104 Å². The normalized spacial score (nSPS) is 11.0. The number of para-hydroxylation sites is 1. The van der Waals surface area contributed by atoms with E-state index in [1.165, 1.54) is 12.4 Å². The molecule has 0 atom stereocenters. The van der Waals surface area contributed by atoms with Gasteiger partial charge in [-0.1, -0.05) is 23.4 Å². The molecule has 0 radical (unpaired) electrons. The van der Waals surface area contributed by atoms with Gasteiger partial charge >= 0.3 is 0 Å². The van der Waals surface area contributed by atoms with Crippen molar-refractivity contribution in [3.8, 4) is 23.0 Å². The van der Waals surface area contributed by atoms with Gasteiger partial charge in [-0.25, -0.2) is 9.97 Å². The molecule has 4 aromatic rings. The first-order valence-corrected chi connectivity index (χ1v) is 6.20. The van der Waals surface area contributed by atoms with Crippen molar-refractivity contribution >= 4 is 16.8 Å². The number of furan rings is 1. The van der Waals surface area contributed by atoms with E-state index in [4.69, 9.17) is 14.7 Å². The van der Waals surface area contributed by atoms with Crippen molar-refractivity contribution < 1.29 is 8.94 Å². The van der Waals surface area contributed by atoms with Crippen molar-refractivity contribution in [3.63, 3.8) is 0 Å². The van der Waals surface area contributed by atoms with E-state index >= 15 is 0 Å². The molecule has 102 valence electrons. The van der Waals surface area contributed by atoms with Crippen molar-refractivity contribution in [1.82, 2.24) is 20.1 Å². The quantitative estimate of drug-likeness (QED) is 0.601. The summed E-state index contributed by atoms with van der Waals surface area (Å²) >= 11 is 0. The first-order valence-electron chi connectivity index (χ1n) is 6.20. The van der Waals surface area contributed by atoms with Crippen LogP contribution in [-0.2, 0) is 0 Å². The summed E-state index contributed by atoms with van der Waals surface area (Å²) in [7, 11) is 0. The van der Waals surface area contributed by atoms with Gasteiger partial charge in [-0.2, -0.15) is 4.98 Å². The zero-order chi connectivity index (χ0) is 14.2. The van der Waals surface area contributed by atoms with E-state index in [1.54, 1.807) is 6.26 Å². The number of hydrogen-bond donors (Lipinski definition) is 1. The number of benzene rings is 1. The van der Waals surface area contributed by atoms with Crippen LogP contribution in [0.15, 0.2) is 51.9 Å². The van der Waals surface area contributed by atoms with Gasteiger partial charge in [0.2, 0.25) is 5.82 Å². The van der Waals surface area contributed by atoms with Crippen molar-refractivity contribution in [2.75, 3.05) is 5.73 Å². The van der Waals surface area contributed by atoms with E-state index in [9.17, 15) is 0 Å². The molecule has 2 N–H and O–H groups in total. The lowest BCUT2D eigenvalue weighted by Crippen LogP contribution is -1.95. The maximum absolute atomic E-state index is 5.75. The molecule has 3 aromatic heterocycles. The van der Waals surface area contributed by atoms with Crippen molar-refractivity contribution in [3.05, 3.63) is 42.9 Å². The van der Waals surface area contributed by atoms with Crippen LogP contribution in [0.2, 0.25) is 0 Å². The van der Waals surface area contributed by atoms with Gasteiger partial charge in [0.1, 0.15) is 11.8 Å². The highest BCUT2D eigenvalue weighted by Crippen LogP contribution is 2.30. The maximum Gasteiger partial charge on any atom is 0.280 e. The fraction of sp³-hybridized carbons (Fsp3) is 0. The number of fused-ring (bicyclic) bond motifs is 1. The van der Waals surface area contributed by atoms with Crippen LogP contribution < -0.4 is 5.73 Å². The van der Waals surface area contributed by atoms with E-state index in [0.29, 0.717) is 11.5 Å². The molecular weight excluding hydrogens is 270 g/mol. The molecule has 3 heterocycles. The summed E-state index contributed by atoms with van der Waals surface area (Å²) in [4.78, 5) is 12.4. The Morgan fingerprint density at radius 1 is 1.05 bits per heavy atom. The fourth-order valence-electron chi connectivity index (χ4n) is 2.09. The predicted octanol–water partition coefficient (Wildman–Crippen LogP) is 2.52.